The van der Waals surface area contributed by atoms with Gasteiger partial charge in [0.05, 0.1) is 6.61 Å². The fraction of sp³-hybridized carbons (Fsp3) is 0.833. The van der Waals surface area contributed by atoms with Gasteiger partial charge in [-0.15, -0.1) is 0 Å². The first kappa shape index (κ1) is 19.0. The van der Waals surface area contributed by atoms with Gasteiger partial charge in [-0.2, -0.15) is 0 Å². The van der Waals surface area contributed by atoms with E-state index in [4.69, 9.17) is 10.2 Å². The summed E-state index contributed by atoms with van der Waals surface area (Å²) in [5.41, 5.74) is -0.513. The Morgan fingerprint density at radius 3 is 2.06 bits per heavy atom. The molecule has 0 radical (unpaired) electrons. The van der Waals surface area contributed by atoms with Gasteiger partial charge in [0.15, 0.2) is 0 Å². The molecule has 0 aromatic carbocycles. The third-order valence-corrected chi connectivity index (χ3v) is 1.41. The first-order valence-electron chi connectivity index (χ1n) is 5.84. The van der Waals surface area contributed by atoms with E-state index < -0.39 is 24.0 Å². The van der Waals surface area contributed by atoms with Gasteiger partial charge >= 0.3 is 12.1 Å². The Morgan fingerprint density at radius 2 is 1.72 bits per heavy atom. The van der Waals surface area contributed by atoms with Crippen LogP contribution in [0.25, 0.3) is 0 Å². The van der Waals surface area contributed by atoms with Crippen LogP contribution < -0.4 is 5.32 Å². The van der Waals surface area contributed by atoms with Crippen molar-refractivity contribution in [2.45, 2.75) is 34.6 Å². The summed E-state index contributed by atoms with van der Waals surface area (Å²) < 4.78 is 4.67. The molecule has 3 N–H and O–H groups in total. The van der Waals surface area contributed by atoms with Crippen LogP contribution in [0.1, 0.15) is 34.6 Å². The zero-order chi connectivity index (χ0) is 14.8. The topological polar surface area (TPSA) is 95.9 Å². The number of hydrogen-bond acceptors (Lipinski definition) is 4. The number of rotatable bonds is 5. The molecule has 0 aliphatic carbocycles. The van der Waals surface area contributed by atoms with Crippen LogP contribution in [0.5, 0.6) is 0 Å². The molecule has 0 aliphatic rings. The Hall–Kier alpha value is -1.30. The number of nitrogens with one attached hydrogen (secondary N) is 1. The van der Waals surface area contributed by atoms with Gasteiger partial charge in [0, 0.05) is 5.41 Å². The first-order chi connectivity index (χ1) is 8.10. The number of carboxylic acid groups (broad SMARTS) is 1. The molecular weight excluding hydrogens is 238 g/mol. The molecule has 0 aliphatic heterocycles. The van der Waals surface area contributed by atoms with Crippen molar-refractivity contribution in [3.05, 3.63) is 0 Å². The number of hydrogen-bond donors (Lipinski definition) is 3. The van der Waals surface area contributed by atoms with Crippen molar-refractivity contribution >= 4 is 12.1 Å². The fourth-order valence-corrected chi connectivity index (χ4v) is 0.505. The van der Waals surface area contributed by atoms with Gasteiger partial charge in [0.25, 0.3) is 0 Å². The minimum atomic E-state index is -1.14. The Morgan fingerprint density at radius 1 is 1.28 bits per heavy atom. The number of ether oxygens (including phenoxy) is 1. The second kappa shape index (κ2) is 9.70. The van der Waals surface area contributed by atoms with E-state index in [0.717, 1.165) is 5.92 Å². The highest BCUT2D eigenvalue weighted by atomic mass is 16.5. The fourth-order valence-electron chi connectivity index (χ4n) is 0.505. The van der Waals surface area contributed by atoms with Gasteiger partial charge < -0.3 is 20.3 Å². The van der Waals surface area contributed by atoms with Gasteiger partial charge in [-0.05, 0) is 5.92 Å². The molecule has 0 rings (SSSR count). The Kier molecular flexibility index (Phi) is 10.3. The molecule has 0 bridgehead atoms. The van der Waals surface area contributed by atoms with Crippen LogP contribution in [-0.2, 0) is 9.53 Å². The predicted molar refractivity (Wildman–Crippen MR) is 68.4 cm³/mol. The Labute approximate surface area is 108 Å². The third-order valence-electron chi connectivity index (χ3n) is 1.41. The summed E-state index contributed by atoms with van der Waals surface area (Å²) in [7, 11) is 0. The molecular formula is C12H25NO5. The molecule has 1 amide bonds. The molecule has 0 heterocycles. The van der Waals surface area contributed by atoms with E-state index >= 15 is 0 Å². The van der Waals surface area contributed by atoms with E-state index in [1.165, 1.54) is 0 Å². The largest absolute Gasteiger partial charge is 0.480 e. The zero-order valence-corrected chi connectivity index (χ0v) is 11.8. The predicted octanol–water partition coefficient (Wildman–Crippen LogP) is 1.48. The minimum absolute atomic E-state index is 0.0367. The maximum atomic E-state index is 10.8. The SMILES string of the molecule is CC(C)(CO)COC(=O)NCC(=O)O.CC(C)C. The molecule has 0 saturated heterocycles. The lowest BCUT2D eigenvalue weighted by atomic mass is 9.97. The molecule has 18 heavy (non-hydrogen) atoms. The normalized spacial score (nSPS) is 10.4. The molecule has 0 aromatic rings. The van der Waals surface area contributed by atoms with Crippen molar-refractivity contribution in [3.8, 4) is 0 Å². The van der Waals surface area contributed by atoms with Crippen molar-refractivity contribution < 1.29 is 24.5 Å². The average molecular weight is 263 g/mol. The highest BCUT2D eigenvalue weighted by Crippen LogP contribution is 2.13. The number of carbonyl (C=O) groups excluding carboxylic acids is 1. The van der Waals surface area contributed by atoms with E-state index in [1.807, 2.05) is 5.32 Å². The van der Waals surface area contributed by atoms with Crippen molar-refractivity contribution in [1.82, 2.24) is 5.32 Å². The standard InChI is InChI=1S/C8H15NO5.C4H10/c1-8(2,4-10)5-14-7(13)9-3-6(11)12;1-4(2)3/h10H,3-5H2,1-2H3,(H,9,13)(H,11,12);4H,1-3H3. The van der Waals surface area contributed by atoms with E-state index in [9.17, 15) is 9.59 Å². The highest BCUT2D eigenvalue weighted by molar-refractivity contribution is 5.76. The van der Waals surface area contributed by atoms with E-state index in [0.29, 0.717) is 0 Å². The summed E-state index contributed by atoms with van der Waals surface area (Å²) in [6.45, 7) is 9.39. The lowest BCUT2D eigenvalue weighted by Gasteiger charge is -2.20. The number of carbonyl (C=O) groups is 2. The summed E-state index contributed by atoms with van der Waals surface area (Å²) in [5.74, 6) is -0.302. The van der Waals surface area contributed by atoms with Crippen LogP contribution in [0.2, 0.25) is 0 Å². The molecule has 0 atom stereocenters. The monoisotopic (exact) mass is 263 g/mol. The van der Waals surface area contributed by atoms with Gasteiger partial charge in [-0.3, -0.25) is 4.79 Å². The van der Waals surface area contributed by atoms with Crippen LogP contribution >= 0.6 is 0 Å². The van der Waals surface area contributed by atoms with Crippen LogP contribution in [0.15, 0.2) is 0 Å². The van der Waals surface area contributed by atoms with Crippen molar-refractivity contribution in [3.63, 3.8) is 0 Å². The van der Waals surface area contributed by atoms with Crippen molar-refractivity contribution in [1.29, 1.82) is 0 Å². The summed E-state index contributed by atoms with van der Waals surface area (Å²) >= 11 is 0. The summed E-state index contributed by atoms with van der Waals surface area (Å²) in [6, 6.07) is 0. The highest BCUT2D eigenvalue weighted by Gasteiger charge is 2.19. The number of aliphatic carboxylic acids is 1. The average Bonchev–Trinajstić information content (AvgIpc) is 2.23. The quantitative estimate of drug-likeness (QED) is 0.698. The number of amides is 1. The van der Waals surface area contributed by atoms with Crippen molar-refractivity contribution in [2.75, 3.05) is 19.8 Å². The summed E-state index contributed by atoms with van der Waals surface area (Å²) in [6.07, 6.45) is -0.797. The van der Waals surface area contributed by atoms with E-state index in [2.05, 4.69) is 25.5 Å². The number of aliphatic hydroxyl groups excluding tert-OH is 1. The molecule has 0 saturated carbocycles. The number of alkyl carbamates (subject to hydrolysis) is 1. The van der Waals surface area contributed by atoms with Gasteiger partial charge in [-0.1, -0.05) is 34.6 Å². The van der Waals surface area contributed by atoms with Crippen LogP contribution in [0.4, 0.5) is 4.79 Å². The number of aliphatic hydroxyl groups is 1. The molecule has 108 valence electrons. The number of carboxylic acids is 1. The third kappa shape index (κ3) is 17.1. The maximum Gasteiger partial charge on any atom is 0.407 e. The molecule has 0 fully saturated rings. The van der Waals surface area contributed by atoms with Gasteiger partial charge in [-0.25, -0.2) is 4.79 Å². The van der Waals surface area contributed by atoms with Crippen LogP contribution in [0.3, 0.4) is 0 Å². The van der Waals surface area contributed by atoms with Crippen molar-refractivity contribution in [2.24, 2.45) is 11.3 Å². The smallest absolute Gasteiger partial charge is 0.407 e. The minimum Gasteiger partial charge on any atom is -0.480 e. The summed E-state index contributed by atoms with van der Waals surface area (Å²) in [4.78, 5) is 20.9. The Bertz CT molecular complexity index is 248. The van der Waals surface area contributed by atoms with Gasteiger partial charge in [0.1, 0.15) is 13.2 Å². The molecule has 0 spiro atoms. The first-order valence-corrected chi connectivity index (χ1v) is 5.84. The second-order valence-electron chi connectivity index (χ2n) is 5.38. The summed E-state index contributed by atoms with van der Waals surface area (Å²) in [5, 5.41) is 19.1. The molecule has 0 unspecified atom stereocenters. The molecule has 6 nitrogen and oxygen atoms in total. The van der Waals surface area contributed by atoms with E-state index in [1.54, 1.807) is 13.8 Å². The lowest BCUT2D eigenvalue weighted by molar-refractivity contribution is -0.135. The van der Waals surface area contributed by atoms with Gasteiger partial charge in [0.2, 0.25) is 0 Å². The maximum absolute atomic E-state index is 10.8. The Balaban J connectivity index is 0. The zero-order valence-electron chi connectivity index (χ0n) is 11.8. The second-order valence-corrected chi connectivity index (χ2v) is 5.38. The molecule has 6 heteroatoms. The molecule has 0 aromatic heterocycles. The van der Waals surface area contributed by atoms with Crippen LogP contribution in [0, 0.1) is 11.3 Å². The lowest BCUT2D eigenvalue weighted by Crippen LogP contribution is -2.33. The van der Waals surface area contributed by atoms with E-state index in [-0.39, 0.29) is 13.2 Å². The van der Waals surface area contributed by atoms with Crippen LogP contribution in [-0.4, -0.2) is 42.0 Å².